The Morgan fingerprint density at radius 3 is 2.57 bits per heavy atom. The Kier molecular flexibility index (Phi) is 5.78. The Labute approximate surface area is 126 Å². The smallest absolute Gasteiger partial charge is 0.131 e. The van der Waals surface area contributed by atoms with Crippen molar-refractivity contribution in [3.8, 4) is 11.5 Å². The molecular formula is C18H23NO2. The SMILES string of the molecule is COCCNCc1ccccc1Oc1ccc(C)c(C)c1. The minimum atomic E-state index is 0.709. The van der Waals surface area contributed by atoms with Gasteiger partial charge < -0.3 is 14.8 Å². The molecule has 2 rings (SSSR count). The van der Waals surface area contributed by atoms with Crippen LogP contribution in [0.3, 0.4) is 0 Å². The number of methoxy groups -OCH3 is 1. The largest absolute Gasteiger partial charge is 0.457 e. The van der Waals surface area contributed by atoms with Crippen molar-refractivity contribution in [1.29, 1.82) is 0 Å². The molecule has 0 heterocycles. The minimum Gasteiger partial charge on any atom is -0.457 e. The molecule has 0 fully saturated rings. The van der Waals surface area contributed by atoms with Gasteiger partial charge in [0.15, 0.2) is 0 Å². The summed E-state index contributed by atoms with van der Waals surface area (Å²) in [5, 5.41) is 3.34. The number of benzene rings is 2. The summed E-state index contributed by atoms with van der Waals surface area (Å²) < 4.78 is 11.1. The third-order valence-electron chi connectivity index (χ3n) is 3.48. The molecule has 21 heavy (non-hydrogen) atoms. The van der Waals surface area contributed by atoms with Gasteiger partial charge in [-0.15, -0.1) is 0 Å². The number of ether oxygens (including phenoxy) is 2. The van der Waals surface area contributed by atoms with Crippen LogP contribution in [0.1, 0.15) is 16.7 Å². The molecule has 2 aromatic rings. The zero-order valence-electron chi connectivity index (χ0n) is 13.0. The molecule has 3 nitrogen and oxygen atoms in total. The van der Waals surface area contributed by atoms with Gasteiger partial charge in [0.2, 0.25) is 0 Å². The molecule has 0 radical (unpaired) electrons. The van der Waals surface area contributed by atoms with Crippen LogP contribution >= 0.6 is 0 Å². The van der Waals surface area contributed by atoms with Crippen molar-refractivity contribution >= 4 is 0 Å². The lowest BCUT2D eigenvalue weighted by molar-refractivity contribution is 0.199. The van der Waals surface area contributed by atoms with Crippen LogP contribution in [0.2, 0.25) is 0 Å². The van der Waals surface area contributed by atoms with Gasteiger partial charge in [-0.3, -0.25) is 0 Å². The van der Waals surface area contributed by atoms with Crippen LogP contribution < -0.4 is 10.1 Å². The van der Waals surface area contributed by atoms with E-state index in [1.165, 1.54) is 11.1 Å². The van der Waals surface area contributed by atoms with Gasteiger partial charge in [-0.05, 0) is 43.2 Å². The van der Waals surface area contributed by atoms with E-state index < -0.39 is 0 Å². The van der Waals surface area contributed by atoms with Crippen LogP contribution in [0.15, 0.2) is 42.5 Å². The lowest BCUT2D eigenvalue weighted by atomic mass is 10.1. The van der Waals surface area contributed by atoms with E-state index in [0.29, 0.717) is 6.61 Å². The zero-order chi connectivity index (χ0) is 15.1. The molecule has 0 atom stereocenters. The number of hydrogen-bond donors (Lipinski definition) is 1. The number of rotatable bonds is 7. The van der Waals surface area contributed by atoms with Crippen LogP contribution in [-0.2, 0) is 11.3 Å². The third kappa shape index (κ3) is 4.59. The molecule has 0 aliphatic carbocycles. The predicted octanol–water partition coefficient (Wildman–Crippen LogP) is 3.83. The summed E-state index contributed by atoms with van der Waals surface area (Å²) >= 11 is 0. The molecule has 0 saturated heterocycles. The van der Waals surface area contributed by atoms with Gasteiger partial charge in [-0.2, -0.15) is 0 Å². The van der Waals surface area contributed by atoms with Gasteiger partial charge in [-0.25, -0.2) is 0 Å². The maximum Gasteiger partial charge on any atom is 0.131 e. The molecule has 0 bridgehead atoms. The quantitative estimate of drug-likeness (QED) is 0.784. The van der Waals surface area contributed by atoms with Crippen molar-refractivity contribution in [2.75, 3.05) is 20.3 Å². The molecule has 112 valence electrons. The first-order valence-corrected chi connectivity index (χ1v) is 7.23. The van der Waals surface area contributed by atoms with Gasteiger partial charge in [0.25, 0.3) is 0 Å². The maximum absolute atomic E-state index is 6.03. The van der Waals surface area contributed by atoms with Gasteiger partial charge in [0, 0.05) is 25.8 Å². The summed E-state index contributed by atoms with van der Waals surface area (Å²) in [5.74, 6) is 1.77. The van der Waals surface area contributed by atoms with Gasteiger partial charge in [0.1, 0.15) is 11.5 Å². The molecule has 0 aliphatic heterocycles. The first kappa shape index (κ1) is 15.5. The molecule has 0 aromatic heterocycles. The Balaban J connectivity index is 2.06. The van der Waals surface area contributed by atoms with E-state index in [4.69, 9.17) is 9.47 Å². The molecule has 0 spiro atoms. The molecule has 2 aromatic carbocycles. The summed E-state index contributed by atoms with van der Waals surface area (Å²) in [4.78, 5) is 0. The highest BCUT2D eigenvalue weighted by molar-refractivity contribution is 5.40. The Morgan fingerprint density at radius 2 is 1.81 bits per heavy atom. The summed E-state index contributed by atoms with van der Waals surface area (Å²) in [5.41, 5.74) is 3.66. The van der Waals surface area contributed by atoms with Crippen LogP contribution in [0.5, 0.6) is 11.5 Å². The number of hydrogen-bond acceptors (Lipinski definition) is 3. The highest BCUT2D eigenvalue weighted by Gasteiger charge is 2.05. The second-order valence-electron chi connectivity index (χ2n) is 5.13. The highest BCUT2D eigenvalue weighted by atomic mass is 16.5. The van der Waals surface area contributed by atoms with Crippen molar-refractivity contribution in [3.63, 3.8) is 0 Å². The van der Waals surface area contributed by atoms with Crippen molar-refractivity contribution in [3.05, 3.63) is 59.2 Å². The fourth-order valence-electron chi connectivity index (χ4n) is 2.05. The van der Waals surface area contributed by atoms with E-state index in [-0.39, 0.29) is 0 Å². The monoisotopic (exact) mass is 285 g/mol. The number of aryl methyl sites for hydroxylation is 2. The first-order chi connectivity index (χ1) is 10.2. The molecular weight excluding hydrogens is 262 g/mol. The third-order valence-corrected chi connectivity index (χ3v) is 3.48. The lowest BCUT2D eigenvalue weighted by Gasteiger charge is -2.13. The summed E-state index contributed by atoms with van der Waals surface area (Å²) in [6.45, 7) is 6.51. The average molecular weight is 285 g/mol. The minimum absolute atomic E-state index is 0.709. The van der Waals surface area contributed by atoms with E-state index in [1.807, 2.05) is 24.3 Å². The van der Waals surface area contributed by atoms with Gasteiger partial charge in [0.05, 0.1) is 6.61 Å². The molecule has 0 amide bonds. The summed E-state index contributed by atoms with van der Waals surface area (Å²) in [6.07, 6.45) is 0. The Hall–Kier alpha value is -1.84. The molecule has 3 heteroatoms. The standard InChI is InChI=1S/C18H23NO2/c1-14-8-9-17(12-15(14)2)21-18-7-5-4-6-16(18)13-19-10-11-20-3/h4-9,12,19H,10-11,13H2,1-3H3. The van der Waals surface area contributed by atoms with E-state index in [0.717, 1.165) is 30.2 Å². The summed E-state index contributed by atoms with van der Waals surface area (Å²) in [6, 6.07) is 14.3. The van der Waals surface area contributed by atoms with Crippen LogP contribution in [0.25, 0.3) is 0 Å². The molecule has 1 N–H and O–H groups in total. The van der Waals surface area contributed by atoms with Crippen LogP contribution in [0, 0.1) is 13.8 Å². The van der Waals surface area contributed by atoms with E-state index in [2.05, 4.69) is 37.4 Å². The Bertz CT molecular complexity index is 581. The van der Waals surface area contributed by atoms with E-state index in [1.54, 1.807) is 7.11 Å². The second-order valence-corrected chi connectivity index (χ2v) is 5.13. The lowest BCUT2D eigenvalue weighted by Crippen LogP contribution is -2.18. The molecule has 0 aliphatic rings. The van der Waals surface area contributed by atoms with Crippen molar-refractivity contribution in [2.45, 2.75) is 20.4 Å². The fourth-order valence-corrected chi connectivity index (χ4v) is 2.05. The zero-order valence-corrected chi connectivity index (χ0v) is 13.0. The van der Waals surface area contributed by atoms with Crippen molar-refractivity contribution in [1.82, 2.24) is 5.32 Å². The summed E-state index contributed by atoms with van der Waals surface area (Å²) in [7, 11) is 1.71. The van der Waals surface area contributed by atoms with E-state index >= 15 is 0 Å². The number of nitrogens with one attached hydrogen (secondary N) is 1. The van der Waals surface area contributed by atoms with Gasteiger partial charge in [-0.1, -0.05) is 24.3 Å². The molecule has 0 saturated carbocycles. The van der Waals surface area contributed by atoms with E-state index in [9.17, 15) is 0 Å². The first-order valence-electron chi connectivity index (χ1n) is 7.23. The second kappa shape index (κ2) is 7.81. The van der Waals surface area contributed by atoms with Crippen molar-refractivity contribution < 1.29 is 9.47 Å². The maximum atomic E-state index is 6.03. The predicted molar refractivity (Wildman–Crippen MR) is 86.0 cm³/mol. The fraction of sp³-hybridized carbons (Fsp3) is 0.333. The van der Waals surface area contributed by atoms with Crippen molar-refractivity contribution in [2.24, 2.45) is 0 Å². The van der Waals surface area contributed by atoms with Crippen LogP contribution in [0.4, 0.5) is 0 Å². The normalized spacial score (nSPS) is 10.6. The Morgan fingerprint density at radius 1 is 1.00 bits per heavy atom. The highest BCUT2D eigenvalue weighted by Crippen LogP contribution is 2.26. The average Bonchev–Trinajstić information content (AvgIpc) is 2.49. The van der Waals surface area contributed by atoms with Crippen LogP contribution in [-0.4, -0.2) is 20.3 Å². The topological polar surface area (TPSA) is 30.5 Å². The number of para-hydroxylation sites is 1. The van der Waals surface area contributed by atoms with Gasteiger partial charge >= 0.3 is 0 Å². The molecule has 0 unspecified atom stereocenters.